The van der Waals surface area contributed by atoms with Crippen LogP contribution in [0.5, 0.6) is 0 Å². The van der Waals surface area contributed by atoms with Gasteiger partial charge in [-0.2, -0.15) is 0 Å². The number of aliphatic imine (C=N–C) groups is 1. The van der Waals surface area contributed by atoms with E-state index in [1.54, 1.807) is 0 Å². The molecule has 1 saturated heterocycles. The normalized spacial score (nSPS) is 18.6. The van der Waals surface area contributed by atoms with E-state index in [4.69, 9.17) is 0 Å². The van der Waals surface area contributed by atoms with Gasteiger partial charge in [0.15, 0.2) is 5.96 Å². The molecule has 1 saturated carbocycles. The van der Waals surface area contributed by atoms with Crippen LogP contribution in [0, 0.1) is 0 Å². The molecule has 1 aromatic heterocycles. The highest BCUT2D eigenvalue weighted by Crippen LogP contribution is 2.40. The van der Waals surface area contributed by atoms with Crippen LogP contribution in [-0.4, -0.2) is 73.7 Å². The Morgan fingerprint density at radius 3 is 2.33 bits per heavy atom. The minimum atomic E-state index is 0. The first kappa shape index (κ1) is 25.7. The lowest BCUT2D eigenvalue weighted by Crippen LogP contribution is -2.48. The maximum absolute atomic E-state index is 4.46. The zero-order valence-corrected chi connectivity index (χ0v) is 22.1. The van der Waals surface area contributed by atoms with Crippen molar-refractivity contribution in [2.75, 3.05) is 57.8 Å². The Labute approximate surface area is 215 Å². The van der Waals surface area contributed by atoms with Gasteiger partial charge in [-0.05, 0) is 37.4 Å². The summed E-state index contributed by atoms with van der Waals surface area (Å²) in [5.74, 6) is 1.76. The standard InChI is InChI=1S/C25H37N7.HI/c1-26-23(30-21-25(11-5-6-12-25)22-9-3-2-4-10-22)27-15-8-16-31-17-19-32(20-18-31)24-28-13-7-14-29-24;/h2-4,7,9-10,13-14H,5-6,8,11-12,15-21H2,1H3,(H2,26,27,30);1H. The van der Waals surface area contributed by atoms with E-state index in [1.165, 1.54) is 31.2 Å². The molecule has 0 bridgehead atoms. The SMILES string of the molecule is CN=C(NCCCN1CCN(c2ncccn2)CC1)NCC1(c2ccccc2)CCCC1.I. The predicted molar refractivity (Wildman–Crippen MR) is 147 cm³/mol. The topological polar surface area (TPSA) is 68.7 Å². The maximum atomic E-state index is 4.46. The second-order valence-corrected chi connectivity index (χ2v) is 8.94. The van der Waals surface area contributed by atoms with Gasteiger partial charge < -0.3 is 15.5 Å². The number of anilines is 1. The lowest BCUT2D eigenvalue weighted by atomic mass is 9.79. The van der Waals surface area contributed by atoms with Crippen molar-refractivity contribution in [2.45, 2.75) is 37.5 Å². The average Bonchev–Trinajstić information content (AvgIpc) is 3.35. The van der Waals surface area contributed by atoms with Gasteiger partial charge in [0, 0.05) is 64.1 Å². The molecule has 2 aromatic rings. The Kier molecular flexibility index (Phi) is 10.2. The fourth-order valence-electron chi connectivity index (χ4n) is 5.02. The van der Waals surface area contributed by atoms with Gasteiger partial charge in [-0.3, -0.25) is 9.89 Å². The molecule has 8 heteroatoms. The van der Waals surface area contributed by atoms with Gasteiger partial charge in [-0.15, -0.1) is 24.0 Å². The molecule has 2 heterocycles. The fourth-order valence-corrected chi connectivity index (χ4v) is 5.02. The highest BCUT2D eigenvalue weighted by atomic mass is 127. The van der Waals surface area contributed by atoms with Crippen LogP contribution < -0.4 is 15.5 Å². The van der Waals surface area contributed by atoms with Crippen LogP contribution in [0.2, 0.25) is 0 Å². The molecule has 0 unspecified atom stereocenters. The van der Waals surface area contributed by atoms with Crippen molar-refractivity contribution in [3.63, 3.8) is 0 Å². The second kappa shape index (κ2) is 13.1. The van der Waals surface area contributed by atoms with Gasteiger partial charge in [0.2, 0.25) is 5.95 Å². The minimum absolute atomic E-state index is 0. The molecule has 7 nitrogen and oxygen atoms in total. The first-order chi connectivity index (χ1) is 15.8. The van der Waals surface area contributed by atoms with E-state index in [0.717, 1.165) is 64.1 Å². The van der Waals surface area contributed by atoms with Gasteiger partial charge in [-0.1, -0.05) is 43.2 Å². The average molecular weight is 564 g/mol. The fraction of sp³-hybridized carbons (Fsp3) is 0.560. The quantitative estimate of drug-likeness (QED) is 0.223. The molecular formula is C25H38IN7. The highest BCUT2D eigenvalue weighted by molar-refractivity contribution is 14.0. The number of nitrogens with one attached hydrogen (secondary N) is 2. The zero-order valence-electron chi connectivity index (χ0n) is 19.7. The largest absolute Gasteiger partial charge is 0.356 e. The predicted octanol–water partition coefficient (Wildman–Crippen LogP) is 3.28. The van der Waals surface area contributed by atoms with Crippen LogP contribution in [0.25, 0.3) is 0 Å². The summed E-state index contributed by atoms with van der Waals surface area (Å²) in [5.41, 5.74) is 1.70. The number of piperazine rings is 1. The molecular weight excluding hydrogens is 525 g/mol. The van der Waals surface area contributed by atoms with Gasteiger partial charge in [0.05, 0.1) is 0 Å². The zero-order chi connectivity index (χ0) is 22.1. The molecule has 1 aromatic carbocycles. The van der Waals surface area contributed by atoms with E-state index in [0.29, 0.717) is 0 Å². The highest BCUT2D eigenvalue weighted by Gasteiger charge is 2.35. The number of rotatable bonds is 8. The second-order valence-electron chi connectivity index (χ2n) is 8.94. The first-order valence-corrected chi connectivity index (χ1v) is 12.0. The van der Waals surface area contributed by atoms with Gasteiger partial charge in [-0.25, -0.2) is 9.97 Å². The molecule has 33 heavy (non-hydrogen) atoms. The number of benzene rings is 1. The Balaban J connectivity index is 0.00000306. The summed E-state index contributed by atoms with van der Waals surface area (Å²) in [6, 6.07) is 12.9. The van der Waals surface area contributed by atoms with Gasteiger partial charge >= 0.3 is 0 Å². The van der Waals surface area contributed by atoms with Crippen molar-refractivity contribution in [3.8, 4) is 0 Å². The van der Waals surface area contributed by atoms with Gasteiger partial charge in [0.25, 0.3) is 0 Å². The molecule has 2 fully saturated rings. The van der Waals surface area contributed by atoms with E-state index >= 15 is 0 Å². The molecule has 1 aliphatic heterocycles. The molecule has 2 aliphatic rings. The monoisotopic (exact) mass is 563 g/mol. The number of aromatic nitrogens is 2. The number of halogens is 1. The molecule has 0 amide bonds. The Hall–Kier alpha value is -1.94. The van der Waals surface area contributed by atoms with Crippen LogP contribution in [0.3, 0.4) is 0 Å². The molecule has 0 radical (unpaired) electrons. The Bertz CT molecular complexity index is 832. The van der Waals surface area contributed by atoms with Crippen molar-refractivity contribution in [1.82, 2.24) is 25.5 Å². The molecule has 2 N–H and O–H groups in total. The van der Waals surface area contributed by atoms with Crippen molar-refractivity contribution >= 4 is 35.9 Å². The number of nitrogens with zero attached hydrogens (tertiary/aromatic N) is 5. The smallest absolute Gasteiger partial charge is 0.225 e. The third kappa shape index (κ3) is 7.02. The maximum Gasteiger partial charge on any atom is 0.225 e. The van der Waals surface area contributed by atoms with E-state index in [9.17, 15) is 0 Å². The molecule has 0 spiro atoms. The molecule has 4 rings (SSSR count). The van der Waals surface area contributed by atoms with E-state index < -0.39 is 0 Å². The number of hydrogen-bond acceptors (Lipinski definition) is 5. The molecule has 1 aliphatic carbocycles. The van der Waals surface area contributed by atoms with Crippen molar-refractivity contribution in [1.29, 1.82) is 0 Å². The Morgan fingerprint density at radius 2 is 1.67 bits per heavy atom. The Morgan fingerprint density at radius 1 is 0.970 bits per heavy atom. The van der Waals surface area contributed by atoms with E-state index in [2.05, 4.69) is 65.7 Å². The number of hydrogen-bond donors (Lipinski definition) is 2. The van der Waals surface area contributed by atoms with E-state index in [-0.39, 0.29) is 29.4 Å². The minimum Gasteiger partial charge on any atom is -0.356 e. The third-order valence-electron chi connectivity index (χ3n) is 6.92. The number of guanidine groups is 1. The third-order valence-corrected chi connectivity index (χ3v) is 6.92. The van der Waals surface area contributed by atoms with Crippen LogP contribution in [0.15, 0.2) is 53.8 Å². The van der Waals surface area contributed by atoms with Crippen molar-refractivity contribution < 1.29 is 0 Å². The van der Waals surface area contributed by atoms with Crippen LogP contribution in [0.1, 0.15) is 37.7 Å². The summed E-state index contributed by atoms with van der Waals surface area (Å²) in [4.78, 5) is 18.0. The molecule has 0 atom stereocenters. The van der Waals surface area contributed by atoms with Crippen LogP contribution >= 0.6 is 24.0 Å². The van der Waals surface area contributed by atoms with Crippen LogP contribution in [-0.2, 0) is 5.41 Å². The summed E-state index contributed by atoms with van der Waals surface area (Å²) in [6.07, 6.45) is 9.86. The summed E-state index contributed by atoms with van der Waals surface area (Å²) >= 11 is 0. The summed E-state index contributed by atoms with van der Waals surface area (Å²) in [5, 5.41) is 7.14. The lowest BCUT2D eigenvalue weighted by molar-refractivity contribution is 0.254. The summed E-state index contributed by atoms with van der Waals surface area (Å²) in [7, 11) is 1.87. The van der Waals surface area contributed by atoms with E-state index in [1.807, 2.05) is 25.5 Å². The van der Waals surface area contributed by atoms with Gasteiger partial charge in [0.1, 0.15) is 0 Å². The lowest BCUT2D eigenvalue weighted by Gasteiger charge is -2.34. The molecule has 180 valence electrons. The van der Waals surface area contributed by atoms with Crippen molar-refractivity contribution in [3.05, 3.63) is 54.4 Å². The first-order valence-electron chi connectivity index (χ1n) is 12.0. The summed E-state index contributed by atoms with van der Waals surface area (Å²) in [6.45, 7) is 7.07. The summed E-state index contributed by atoms with van der Waals surface area (Å²) < 4.78 is 0. The van der Waals surface area contributed by atoms with Crippen LogP contribution in [0.4, 0.5) is 5.95 Å². The van der Waals surface area contributed by atoms with Crippen molar-refractivity contribution in [2.24, 2.45) is 4.99 Å².